The fraction of sp³-hybridized carbons (Fsp3) is 0.357. The Labute approximate surface area is 429 Å². The molecule has 2 saturated heterocycles. The van der Waals surface area contributed by atoms with Crippen molar-refractivity contribution in [3.63, 3.8) is 0 Å². The van der Waals surface area contributed by atoms with E-state index in [0.29, 0.717) is 12.4 Å². The minimum absolute atomic E-state index is 0.0419. The summed E-state index contributed by atoms with van der Waals surface area (Å²) < 4.78 is 16.5. The minimum Gasteiger partial charge on any atom is -0.494 e. The number of likely N-dealkylation sites (N-methyl/N-ethyl adjacent to an activating group) is 2. The van der Waals surface area contributed by atoms with Crippen molar-refractivity contribution in [3.05, 3.63) is 120 Å². The number of ether oxygens (including phenoxy) is 3. The summed E-state index contributed by atoms with van der Waals surface area (Å²) in [6, 6.07) is 30.6. The summed E-state index contributed by atoms with van der Waals surface area (Å²) in [6.07, 6.45) is 5.24. The lowest BCUT2D eigenvalue weighted by Gasteiger charge is -2.34. The quantitative estimate of drug-likeness (QED) is 0.0825. The van der Waals surface area contributed by atoms with Gasteiger partial charge in [0.05, 0.1) is 48.3 Å². The number of para-hydroxylation sites is 2. The van der Waals surface area contributed by atoms with Gasteiger partial charge in [0.1, 0.15) is 29.7 Å². The van der Waals surface area contributed by atoms with E-state index in [-0.39, 0.29) is 18.4 Å². The maximum Gasteiger partial charge on any atom is 0.253 e. The maximum atomic E-state index is 12.6. The number of rotatable bonds is 14. The van der Waals surface area contributed by atoms with Crippen LogP contribution in [0.15, 0.2) is 103 Å². The number of carbonyl (C=O) groups excluding carboxylic acids is 2. The van der Waals surface area contributed by atoms with E-state index in [9.17, 15) is 9.59 Å². The van der Waals surface area contributed by atoms with Crippen molar-refractivity contribution < 1.29 is 23.8 Å². The number of aromatic nitrogens is 2. The number of methoxy groups -OCH3 is 3. The Hall–Kier alpha value is -7.60. The first-order valence-corrected chi connectivity index (χ1v) is 25.0. The molecule has 0 aliphatic carbocycles. The Kier molecular flexibility index (Phi) is 15.8. The smallest absolute Gasteiger partial charge is 0.253 e. The van der Waals surface area contributed by atoms with Gasteiger partial charge in [0.15, 0.2) is 0 Å². The van der Waals surface area contributed by atoms with Crippen LogP contribution in [-0.4, -0.2) is 139 Å². The van der Waals surface area contributed by atoms with Crippen LogP contribution in [0.3, 0.4) is 0 Å². The van der Waals surface area contributed by atoms with E-state index in [0.717, 1.165) is 151 Å². The summed E-state index contributed by atoms with van der Waals surface area (Å²) >= 11 is 0. The van der Waals surface area contributed by atoms with Crippen LogP contribution in [-0.2, 0) is 27.2 Å². The standard InChI is InChI=1S/C28H34N6O3.C28H34N6O2/c1-32-13-15-33(16-14-32)22-7-8-23(25(18-22)37-3)31-26-17-21(9-11-29-26)30-24-6-4-5-20-10-12-34(28(20)24)27(35)19-36-2;1-19-23(30-25-7-5-6-21-11-13-34(20(2)35)27(21)25)10-12-29-28(19)31-24-9-8-22(18-26(24)36-4)33-16-14-32(3)15-17-33/h4-9,11,17-18H,10,12-16,19H2,1-3H3,(H2,29,30,31);5-10,12,18H,11,13-17H2,1-4H3,(H2,29,30,31). The van der Waals surface area contributed by atoms with Gasteiger partial charge in [-0.1, -0.05) is 24.3 Å². The molecule has 4 aliphatic heterocycles. The van der Waals surface area contributed by atoms with Crippen LogP contribution in [0.5, 0.6) is 11.5 Å². The molecule has 17 nitrogen and oxygen atoms in total. The molecule has 0 bridgehead atoms. The highest BCUT2D eigenvalue weighted by molar-refractivity contribution is 6.01. The summed E-state index contributed by atoms with van der Waals surface area (Å²) in [5.74, 6) is 3.01. The van der Waals surface area contributed by atoms with Crippen molar-refractivity contribution in [2.24, 2.45) is 0 Å². The summed E-state index contributed by atoms with van der Waals surface area (Å²) in [6.45, 7) is 13.3. The van der Waals surface area contributed by atoms with Gasteiger partial charge in [-0.15, -0.1) is 0 Å². The third-order valence-corrected chi connectivity index (χ3v) is 14.1. The van der Waals surface area contributed by atoms with Crippen LogP contribution in [0.1, 0.15) is 23.6 Å². The second kappa shape index (κ2) is 22.9. The number of hydrogen-bond acceptors (Lipinski definition) is 15. The largest absolute Gasteiger partial charge is 0.494 e. The highest BCUT2D eigenvalue weighted by atomic mass is 16.5. The third-order valence-electron chi connectivity index (χ3n) is 14.1. The van der Waals surface area contributed by atoms with Crippen LogP contribution in [0.2, 0.25) is 0 Å². The van der Waals surface area contributed by atoms with Crippen LogP contribution in [0.4, 0.5) is 68.5 Å². The average Bonchev–Trinajstić information content (AvgIpc) is 4.06. The van der Waals surface area contributed by atoms with E-state index in [1.807, 2.05) is 60.4 Å². The monoisotopic (exact) mass is 989 g/mol. The minimum atomic E-state index is -0.0419. The number of nitrogens with one attached hydrogen (secondary N) is 4. The molecule has 382 valence electrons. The summed E-state index contributed by atoms with van der Waals surface area (Å²) in [4.78, 5) is 47.0. The number of carbonyl (C=O) groups is 2. The Morgan fingerprint density at radius 2 is 1.11 bits per heavy atom. The predicted octanol–water partition coefficient (Wildman–Crippen LogP) is 8.41. The zero-order valence-electron chi connectivity index (χ0n) is 43.1. The van der Waals surface area contributed by atoms with E-state index in [2.05, 4.69) is 107 Å². The Morgan fingerprint density at radius 3 is 1.68 bits per heavy atom. The van der Waals surface area contributed by atoms with Crippen molar-refractivity contribution in [2.75, 3.05) is 148 Å². The molecular weight excluding hydrogens is 921 g/mol. The van der Waals surface area contributed by atoms with Gasteiger partial charge in [0, 0.05) is 138 Å². The van der Waals surface area contributed by atoms with Crippen molar-refractivity contribution in [1.82, 2.24) is 19.8 Å². The van der Waals surface area contributed by atoms with Gasteiger partial charge in [-0.3, -0.25) is 9.59 Å². The lowest BCUT2D eigenvalue weighted by molar-refractivity contribution is -0.122. The van der Waals surface area contributed by atoms with Crippen LogP contribution < -0.4 is 50.3 Å². The number of pyridine rings is 2. The highest BCUT2D eigenvalue weighted by Gasteiger charge is 2.28. The van der Waals surface area contributed by atoms with Gasteiger partial charge in [0.25, 0.3) is 5.91 Å². The number of hydrogen-bond donors (Lipinski definition) is 4. The Bertz CT molecular complexity index is 2920. The third kappa shape index (κ3) is 11.5. The van der Waals surface area contributed by atoms with Gasteiger partial charge in [0.2, 0.25) is 5.91 Å². The zero-order valence-corrected chi connectivity index (χ0v) is 43.1. The molecule has 6 aromatic rings. The van der Waals surface area contributed by atoms with Crippen molar-refractivity contribution >= 4 is 80.3 Å². The predicted molar refractivity (Wildman–Crippen MR) is 294 cm³/mol. The van der Waals surface area contributed by atoms with Crippen molar-refractivity contribution in [2.45, 2.75) is 26.7 Å². The number of benzene rings is 4. The first-order valence-electron chi connectivity index (χ1n) is 25.0. The molecule has 10 rings (SSSR count). The molecule has 0 unspecified atom stereocenters. The number of piperazine rings is 2. The lowest BCUT2D eigenvalue weighted by atomic mass is 10.1. The van der Waals surface area contributed by atoms with Crippen LogP contribution in [0.25, 0.3) is 0 Å². The molecule has 6 heterocycles. The van der Waals surface area contributed by atoms with Gasteiger partial charge in [-0.25, -0.2) is 9.97 Å². The van der Waals surface area contributed by atoms with Gasteiger partial charge in [-0.05, 0) is 93.5 Å². The van der Waals surface area contributed by atoms with E-state index < -0.39 is 0 Å². The fourth-order valence-corrected chi connectivity index (χ4v) is 9.91. The molecule has 0 radical (unpaired) electrons. The molecule has 4 N–H and O–H groups in total. The molecule has 4 aromatic carbocycles. The number of anilines is 12. The normalized spacial score (nSPS) is 15.5. The molecule has 17 heteroatoms. The van der Waals surface area contributed by atoms with Gasteiger partial charge in [-0.2, -0.15) is 0 Å². The molecule has 4 aliphatic rings. The van der Waals surface area contributed by atoms with Crippen molar-refractivity contribution in [1.29, 1.82) is 0 Å². The highest BCUT2D eigenvalue weighted by Crippen LogP contribution is 2.41. The second-order valence-corrected chi connectivity index (χ2v) is 18.9. The molecule has 0 saturated carbocycles. The molecule has 0 spiro atoms. The van der Waals surface area contributed by atoms with Crippen molar-refractivity contribution in [3.8, 4) is 11.5 Å². The number of fused-ring (bicyclic) bond motifs is 2. The molecule has 0 atom stereocenters. The van der Waals surface area contributed by atoms with Crippen LogP contribution >= 0.6 is 0 Å². The topological polar surface area (TPSA) is 155 Å². The van der Waals surface area contributed by atoms with Gasteiger partial charge >= 0.3 is 0 Å². The number of amides is 2. The summed E-state index contributed by atoms with van der Waals surface area (Å²) in [7, 11) is 9.24. The number of nitrogens with zero attached hydrogens (tertiary/aromatic N) is 8. The summed E-state index contributed by atoms with van der Waals surface area (Å²) in [5.41, 5.74) is 12.8. The molecule has 2 aromatic heterocycles. The first kappa shape index (κ1) is 50.3. The first-order chi connectivity index (χ1) is 35.5. The van der Waals surface area contributed by atoms with E-state index >= 15 is 0 Å². The zero-order chi connectivity index (χ0) is 51.0. The Morgan fingerprint density at radius 1 is 0.562 bits per heavy atom. The molecular formula is C56H68N12O5. The Balaban J connectivity index is 0.000000180. The SMILES string of the molecule is COCC(=O)N1CCc2cccc(Nc3ccnc(Nc4ccc(N5CCN(C)CC5)cc4OC)c3)c21.COc1cc(N2CCN(C)CC2)ccc1Nc1nccc(Nc2cccc3c2N(C(C)=O)CC3)c1C. The van der Waals surface area contributed by atoms with E-state index in [1.54, 1.807) is 45.5 Å². The average molecular weight is 989 g/mol. The van der Waals surface area contributed by atoms with E-state index in [4.69, 9.17) is 14.2 Å². The summed E-state index contributed by atoms with van der Waals surface area (Å²) in [5, 5.41) is 13.9. The molecule has 2 fully saturated rings. The van der Waals surface area contributed by atoms with Crippen LogP contribution in [0, 0.1) is 6.92 Å². The fourth-order valence-electron chi connectivity index (χ4n) is 9.91. The van der Waals surface area contributed by atoms with Gasteiger partial charge < -0.3 is 64.9 Å². The lowest BCUT2D eigenvalue weighted by Crippen LogP contribution is -2.44. The molecule has 73 heavy (non-hydrogen) atoms. The molecule has 2 amide bonds. The maximum absolute atomic E-state index is 12.6. The second-order valence-electron chi connectivity index (χ2n) is 18.9. The van der Waals surface area contributed by atoms with E-state index in [1.165, 1.54) is 11.3 Å².